The number of halogens is 2. The molecule has 1 N–H and O–H groups in total. The molecule has 0 bridgehead atoms. The molecule has 120 valence electrons. The van der Waals surface area contributed by atoms with Crippen molar-refractivity contribution in [1.82, 2.24) is 0 Å². The van der Waals surface area contributed by atoms with Crippen molar-refractivity contribution in [2.75, 3.05) is 0 Å². The van der Waals surface area contributed by atoms with Crippen LogP contribution in [0.5, 0.6) is 0 Å². The maximum Gasteiger partial charge on any atom is 0.380 e. The molecule has 2 atom stereocenters. The number of aliphatic hydroxyl groups excluding tert-OH is 1. The molecule has 0 rings (SSSR count). The van der Waals surface area contributed by atoms with E-state index in [2.05, 4.69) is 0 Å². The van der Waals surface area contributed by atoms with Gasteiger partial charge in [-0.25, -0.2) is 4.79 Å². The minimum Gasteiger partial charge on any atom is -0.455 e. The summed E-state index contributed by atoms with van der Waals surface area (Å²) in [7, 11) is 0. The molecule has 0 aliphatic heterocycles. The Morgan fingerprint density at radius 2 is 1.60 bits per heavy atom. The van der Waals surface area contributed by atoms with E-state index in [9.17, 15) is 18.7 Å². The van der Waals surface area contributed by atoms with Crippen molar-refractivity contribution in [3.8, 4) is 0 Å². The lowest BCUT2D eigenvalue weighted by Gasteiger charge is -2.33. The first-order valence-corrected chi connectivity index (χ1v) is 6.66. The Morgan fingerprint density at radius 3 is 1.90 bits per heavy atom. The third-order valence-corrected chi connectivity index (χ3v) is 2.48. The van der Waals surface area contributed by atoms with Crippen LogP contribution in [0.3, 0.4) is 0 Å². The maximum absolute atomic E-state index is 14.1. The minimum absolute atomic E-state index is 0.126. The van der Waals surface area contributed by atoms with E-state index < -0.39 is 35.3 Å². The molecule has 4 nitrogen and oxygen atoms in total. The lowest BCUT2D eigenvalue weighted by molar-refractivity contribution is -0.250. The van der Waals surface area contributed by atoms with E-state index in [1.54, 1.807) is 20.8 Å². The van der Waals surface area contributed by atoms with E-state index >= 15 is 0 Å². The van der Waals surface area contributed by atoms with Crippen LogP contribution in [0.25, 0.3) is 0 Å². The predicted molar refractivity (Wildman–Crippen MR) is 71.4 cm³/mol. The number of ether oxygens (including phenoxy) is 2. The highest BCUT2D eigenvalue weighted by atomic mass is 19.3. The molecule has 6 heteroatoms. The Balaban J connectivity index is 4.99. The lowest BCUT2D eigenvalue weighted by Crippen LogP contribution is -2.49. The molecule has 0 saturated heterocycles. The highest BCUT2D eigenvalue weighted by Gasteiger charge is 2.51. The highest BCUT2D eigenvalue weighted by Crippen LogP contribution is 2.31. The second kappa shape index (κ2) is 6.35. The summed E-state index contributed by atoms with van der Waals surface area (Å²) in [4.78, 5) is 11.6. The molecule has 0 aliphatic carbocycles. The summed E-state index contributed by atoms with van der Waals surface area (Å²) in [5.74, 6) is -5.45. The van der Waals surface area contributed by atoms with Gasteiger partial charge in [-0.15, -0.1) is 0 Å². The Labute approximate surface area is 119 Å². The van der Waals surface area contributed by atoms with Crippen LogP contribution >= 0.6 is 0 Å². The van der Waals surface area contributed by atoms with Crippen LogP contribution in [-0.2, 0) is 14.3 Å². The van der Waals surface area contributed by atoms with Crippen LogP contribution in [0.4, 0.5) is 8.78 Å². The summed E-state index contributed by atoms with van der Waals surface area (Å²) in [6.45, 7) is 10.9. The molecule has 20 heavy (non-hydrogen) atoms. The fourth-order valence-electron chi connectivity index (χ4n) is 1.28. The standard InChI is InChI=1S/C14H26F2O4/c1-8-9(19-10(17)12(2,3)4)14(15,16)11(18)20-13(5,6)7/h9-10,17H,8H2,1-7H3. The molecule has 0 aliphatic rings. The molecule has 0 amide bonds. The fraction of sp³-hybridized carbons (Fsp3) is 0.929. The SMILES string of the molecule is CCC(OC(O)C(C)(C)C)C(F)(F)C(=O)OC(C)(C)C. The van der Waals surface area contributed by atoms with Gasteiger partial charge in [-0.2, -0.15) is 8.78 Å². The monoisotopic (exact) mass is 296 g/mol. The number of hydrogen-bond acceptors (Lipinski definition) is 4. The normalized spacial score (nSPS) is 16.7. The van der Waals surface area contributed by atoms with Gasteiger partial charge in [0, 0.05) is 5.41 Å². The smallest absolute Gasteiger partial charge is 0.380 e. The summed E-state index contributed by atoms with van der Waals surface area (Å²) < 4.78 is 37.8. The zero-order chi connectivity index (χ0) is 16.4. The van der Waals surface area contributed by atoms with Crippen molar-refractivity contribution in [2.45, 2.75) is 78.8 Å². The second-order valence-corrected chi connectivity index (χ2v) is 6.88. The molecule has 0 aromatic heterocycles. The van der Waals surface area contributed by atoms with Gasteiger partial charge in [-0.3, -0.25) is 0 Å². The molecular formula is C14H26F2O4. The number of carbonyl (C=O) groups excluding carboxylic acids is 1. The van der Waals surface area contributed by atoms with Crippen molar-refractivity contribution < 1.29 is 28.2 Å². The largest absolute Gasteiger partial charge is 0.455 e. The number of carbonyl (C=O) groups is 1. The summed E-state index contributed by atoms with van der Waals surface area (Å²) in [6, 6.07) is 0. The minimum atomic E-state index is -3.81. The first-order valence-electron chi connectivity index (χ1n) is 6.66. The summed E-state index contributed by atoms with van der Waals surface area (Å²) in [6.07, 6.45) is -3.26. The molecule has 0 heterocycles. The quantitative estimate of drug-likeness (QED) is 0.625. The molecule has 0 aromatic carbocycles. The number of aliphatic hydroxyl groups is 1. The zero-order valence-corrected chi connectivity index (χ0v) is 13.3. The van der Waals surface area contributed by atoms with Crippen molar-refractivity contribution in [1.29, 1.82) is 0 Å². The van der Waals surface area contributed by atoms with Crippen LogP contribution < -0.4 is 0 Å². The average molecular weight is 296 g/mol. The van der Waals surface area contributed by atoms with Gasteiger partial charge in [-0.05, 0) is 27.2 Å². The van der Waals surface area contributed by atoms with Gasteiger partial charge in [0.05, 0.1) is 0 Å². The Kier molecular flexibility index (Phi) is 6.11. The first kappa shape index (κ1) is 19.2. The van der Waals surface area contributed by atoms with Gasteiger partial charge >= 0.3 is 11.9 Å². The lowest BCUT2D eigenvalue weighted by atomic mass is 9.95. The van der Waals surface area contributed by atoms with Crippen molar-refractivity contribution in [2.24, 2.45) is 5.41 Å². The molecule has 2 unspecified atom stereocenters. The number of rotatable bonds is 5. The first-order chi connectivity index (χ1) is 8.71. The number of esters is 1. The average Bonchev–Trinajstić information content (AvgIpc) is 2.21. The van der Waals surface area contributed by atoms with E-state index in [-0.39, 0.29) is 6.42 Å². The zero-order valence-electron chi connectivity index (χ0n) is 13.3. The third kappa shape index (κ3) is 5.71. The van der Waals surface area contributed by atoms with E-state index in [0.29, 0.717) is 0 Å². The number of alkyl halides is 2. The van der Waals surface area contributed by atoms with Crippen LogP contribution in [0.15, 0.2) is 0 Å². The summed E-state index contributed by atoms with van der Waals surface area (Å²) in [5.41, 5.74) is -1.74. The molecular weight excluding hydrogens is 270 g/mol. The van der Waals surface area contributed by atoms with Crippen LogP contribution in [0, 0.1) is 5.41 Å². The molecule has 0 saturated carbocycles. The van der Waals surface area contributed by atoms with Gasteiger partial charge < -0.3 is 14.6 Å². The van der Waals surface area contributed by atoms with E-state index in [1.807, 2.05) is 0 Å². The Hall–Kier alpha value is -0.750. The predicted octanol–water partition coefficient (Wildman–Crippen LogP) is 3.12. The van der Waals surface area contributed by atoms with Crippen LogP contribution in [-0.4, -0.2) is 35.0 Å². The van der Waals surface area contributed by atoms with E-state index in [0.717, 1.165) is 0 Å². The van der Waals surface area contributed by atoms with Crippen molar-refractivity contribution in [3.05, 3.63) is 0 Å². The third-order valence-electron chi connectivity index (χ3n) is 2.48. The van der Waals surface area contributed by atoms with Crippen molar-refractivity contribution >= 4 is 5.97 Å². The van der Waals surface area contributed by atoms with Gasteiger partial charge in [0.2, 0.25) is 0 Å². The molecule has 0 aromatic rings. The number of hydrogen-bond donors (Lipinski definition) is 1. The molecule has 0 radical (unpaired) electrons. The molecule has 0 fully saturated rings. The van der Waals surface area contributed by atoms with Gasteiger partial charge in [0.25, 0.3) is 0 Å². The Morgan fingerprint density at radius 1 is 1.15 bits per heavy atom. The van der Waals surface area contributed by atoms with Gasteiger partial charge in [0.1, 0.15) is 11.7 Å². The topological polar surface area (TPSA) is 55.8 Å². The maximum atomic E-state index is 14.1. The summed E-state index contributed by atoms with van der Waals surface area (Å²) in [5, 5.41) is 9.76. The van der Waals surface area contributed by atoms with Gasteiger partial charge in [-0.1, -0.05) is 27.7 Å². The highest BCUT2D eigenvalue weighted by molar-refractivity contribution is 5.78. The molecule has 0 spiro atoms. The van der Waals surface area contributed by atoms with Gasteiger partial charge in [0.15, 0.2) is 6.29 Å². The van der Waals surface area contributed by atoms with Crippen LogP contribution in [0.1, 0.15) is 54.9 Å². The fourth-order valence-corrected chi connectivity index (χ4v) is 1.28. The van der Waals surface area contributed by atoms with Crippen LogP contribution in [0.2, 0.25) is 0 Å². The second-order valence-electron chi connectivity index (χ2n) is 6.88. The Bertz CT molecular complexity index is 329. The van der Waals surface area contributed by atoms with Crippen molar-refractivity contribution in [3.63, 3.8) is 0 Å². The van der Waals surface area contributed by atoms with E-state index in [1.165, 1.54) is 27.7 Å². The van der Waals surface area contributed by atoms with E-state index in [4.69, 9.17) is 9.47 Å². The summed E-state index contributed by atoms with van der Waals surface area (Å²) >= 11 is 0.